The number of nitrogens with zero attached hydrogens (tertiary/aromatic N) is 2. The number of hydrogen-bond acceptors (Lipinski definition) is 3. The zero-order valence-electron chi connectivity index (χ0n) is 17.5. The zero-order chi connectivity index (χ0) is 18.9. The summed E-state index contributed by atoms with van der Waals surface area (Å²) in [6, 6.07) is 8.72. The van der Waals surface area contributed by atoms with E-state index in [4.69, 9.17) is 4.74 Å². The Hall–Kier alpha value is -0.860. The highest BCUT2D eigenvalue weighted by Gasteiger charge is 2.21. The largest absolute Gasteiger partial charge is 0.379 e. The molecule has 2 N–H and O–H groups in total. The first-order valence-corrected chi connectivity index (χ1v) is 10.6. The van der Waals surface area contributed by atoms with Crippen LogP contribution in [-0.4, -0.2) is 50.8 Å². The van der Waals surface area contributed by atoms with Crippen LogP contribution in [0.3, 0.4) is 0 Å². The van der Waals surface area contributed by atoms with Crippen molar-refractivity contribution in [1.29, 1.82) is 0 Å². The van der Waals surface area contributed by atoms with Crippen LogP contribution in [0.25, 0.3) is 0 Å². The van der Waals surface area contributed by atoms with Crippen molar-refractivity contribution >= 4 is 29.9 Å². The highest BCUT2D eigenvalue weighted by Crippen LogP contribution is 2.28. The van der Waals surface area contributed by atoms with Gasteiger partial charge < -0.3 is 15.4 Å². The summed E-state index contributed by atoms with van der Waals surface area (Å²) in [4.78, 5) is 6.90. The summed E-state index contributed by atoms with van der Waals surface area (Å²) in [6.45, 7) is 8.94. The summed E-state index contributed by atoms with van der Waals surface area (Å²) >= 11 is 0. The maximum absolute atomic E-state index is 5.47. The lowest BCUT2D eigenvalue weighted by molar-refractivity contribution is 0.0341. The maximum atomic E-state index is 5.47. The van der Waals surface area contributed by atoms with Gasteiger partial charge in [0.25, 0.3) is 0 Å². The molecule has 1 saturated heterocycles. The van der Waals surface area contributed by atoms with Crippen LogP contribution < -0.4 is 10.6 Å². The molecular formula is C22H37IN4O. The smallest absolute Gasteiger partial charge is 0.191 e. The molecule has 2 fully saturated rings. The second kappa shape index (κ2) is 12.6. The van der Waals surface area contributed by atoms with Crippen LogP contribution in [0.5, 0.6) is 0 Å². The van der Waals surface area contributed by atoms with Crippen molar-refractivity contribution in [2.45, 2.75) is 45.7 Å². The number of hydrogen-bond donors (Lipinski definition) is 2. The topological polar surface area (TPSA) is 48.9 Å². The van der Waals surface area contributed by atoms with Crippen LogP contribution in [0.2, 0.25) is 0 Å². The summed E-state index contributed by atoms with van der Waals surface area (Å²) in [5.74, 6) is 2.50. The number of halogens is 1. The van der Waals surface area contributed by atoms with Gasteiger partial charge in [-0.3, -0.25) is 9.89 Å². The third kappa shape index (κ3) is 7.19. The third-order valence-electron chi connectivity index (χ3n) is 6.11. The number of ether oxygens (including phenoxy) is 1. The van der Waals surface area contributed by atoms with E-state index in [1.807, 2.05) is 7.05 Å². The van der Waals surface area contributed by atoms with E-state index >= 15 is 0 Å². The Morgan fingerprint density at radius 3 is 2.54 bits per heavy atom. The Labute approximate surface area is 187 Å². The van der Waals surface area contributed by atoms with Gasteiger partial charge in [-0.15, -0.1) is 24.0 Å². The summed E-state index contributed by atoms with van der Waals surface area (Å²) in [6.07, 6.45) is 5.48. The minimum absolute atomic E-state index is 0. The van der Waals surface area contributed by atoms with Gasteiger partial charge in [0.05, 0.1) is 13.2 Å². The van der Waals surface area contributed by atoms with Gasteiger partial charge in [-0.05, 0) is 29.4 Å². The van der Waals surface area contributed by atoms with Crippen molar-refractivity contribution in [3.63, 3.8) is 0 Å². The molecule has 2 atom stereocenters. The minimum atomic E-state index is 0. The third-order valence-corrected chi connectivity index (χ3v) is 6.11. The highest BCUT2D eigenvalue weighted by atomic mass is 127. The standard InChI is InChI=1S/C22H36N4O.HI/c1-18-7-3-4-8-19(18)15-24-22(23-2)25-16-20-9-5-6-10-21(20)17-26-11-13-27-14-12-26;/h5-6,9-10,18-19H,3-4,7-8,11-17H2,1-2H3,(H2,23,24,25);1H. The molecule has 1 aromatic rings. The van der Waals surface area contributed by atoms with Crippen LogP contribution in [-0.2, 0) is 17.8 Å². The molecule has 0 bridgehead atoms. The molecule has 0 aromatic heterocycles. The van der Waals surface area contributed by atoms with Crippen LogP contribution in [0.1, 0.15) is 43.7 Å². The Morgan fingerprint density at radius 2 is 1.82 bits per heavy atom. The number of morpholine rings is 1. The van der Waals surface area contributed by atoms with E-state index in [9.17, 15) is 0 Å². The van der Waals surface area contributed by atoms with Crippen LogP contribution in [0.15, 0.2) is 29.3 Å². The average Bonchev–Trinajstić information content (AvgIpc) is 2.71. The van der Waals surface area contributed by atoms with Gasteiger partial charge in [-0.25, -0.2) is 0 Å². The summed E-state index contributed by atoms with van der Waals surface area (Å²) in [5, 5.41) is 7.07. The second-order valence-corrected chi connectivity index (χ2v) is 7.99. The molecule has 5 nitrogen and oxygen atoms in total. The molecule has 1 aliphatic heterocycles. The van der Waals surface area contributed by atoms with Crippen LogP contribution >= 0.6 is 24.0 Å². The van der Waals surface area contributed by atoms with Crippen molar-refractivity contribution in [3.05, 3.63) is 35.4 Å². The molecule has 0 spiro atoms. The van der Waals surface area contributed by atoms with Gasteiger partial charge in [0.2, 0.25) is 0 Å². The van der Waals surface area contributed by atoms with E-state index < -0.39 is 0 Å². The van der Waals surface area contributed by atoms with E-state index in [1.54, 1.807) is 0 Å². The fourth-order valence-corrected chi connectivity index (χ4v) is 4.21. The predicted molar refractivity (Wildman–Crippen MR) is 127 cm³/mol. The molecule has 0 amide bonds. The first kappa shape index (κ1) is 23.4. The van der Waals surface area contributed by atoms with Gasteiger partial charge in [0.15, 0.2) is 5.96 Å². The van der Waals surface area contributed by atoms with Crippen LogP contribution in [0, 0.1) is 11.8 Å². The Bertz CT molecular complexity index is 604. The molecule has 2 aliphatic rings. The highest BCUT2D eigenvalue weighted by molar-refractivity contribution is 14.0. The number of aliphatic imine (C=N–C) groups is 1. The van der Waals surface area contributed by atoms with E-state index in [1.165, 1.54) is 36.8 Å². The summed E-state index contributed by atoms with van der Waals surface area (Å²) in [7, 11) is 1.86. The molecule has 1 aliphatic carbocycles. The molecule has 2 unspecified atom stereocenters. The van der Waals surface area contributed by atoms with Crippen molar-refractivity contribution in [2.75, 3.05) is 39.9 Å². The average molecular weight is 500 g/mol. The Morgan fingerprint density at radius 1 is 1.11 bits per heavy atom. The molecule has 158 valence electrons. The molecule has 1 aromatic carbocycles. The molecule has 3 rings (SSSR count). The summed E-state index contributed by atoms with van der Waals surface area (Å²) in [5.41, 5.74) is 2.74. The fraction of sp³-hybridized carbons (Fsp3) is 0.682. The van der Waals surface area contributed by atoms with E-state index in [-0.39, 0.29) is 24.0 Å². The van der Waals surface area contributed by atoms with E-state index in [0.717, 1.165) is 63.7 Å². The van der Waals surface area contributed by atoms with Gasteiger partial charge in [0.1, 0.15) is 0 Å². The predicted octanol–water partition coefficient (Wildman–Crippen LogP) is 3.63. The monoisotopic (exact) mass is 500 g/mol. The lowest BCUT2D eigenvalue weighted by atomic mass is 9.80. The van der Waals surface area contributed by atoms with Gasteiger partial charge in [0, 0.05) is 39.8 Å². The number of benzene rings is 1. The number of nitrogens with one attached hydrogen (secondary N) is 2. The van der Waals surface area contributed by atoms with Crippen molar-refractivity contribution in [3.8, 4) is 0 Å². The Balaban J connectivity index is 0.00000280. The maximum Gasteiger partial charge on any atom is 0.191 e. The van der Waals surface area contributed by atoms with Gasteiger partial charge >= 0.3 is 0 Å². The van der Waals surface area contributed by atoms with Crippen molar-refractivity contribution in [1.82, 2.24) is 15.5 Å². The van der Waals surface area contributed by atoms with E-state index in [2.05, 4.69) is 51.7 Å². The SMILES string of the molecule is CN=C(NCc1ccccc1CN1CCOCC1)NCC1CCCCC1C.I. The Kier molecular flexibility index (Phi) is 10.6. The van der Waals surface area contributed by atoms with Gasteiger partial charge in [-0.1, -0.05) is 50.5 Å². The second-order valence-electron chi connectivity index (χ2n) is 7.99. The fourth-order valence-electron chi connectivity index (χ4n) is 4.21. The molecular weight excluding hydrogens is 463 g/mol. The molecule has 1 saturated carbocycles. The minimum Gasteiger partial charge on any atom is -0.379 e. The van der Waals surface area contributed by atoms with Crippen LogP contribution in [0.4, 0.5) is 0 Å². The van der Waals surface area contributed by atoms with Crippen molar-refractivity contribution in [2.24, 2.45) is 16.8 Å². The first-order valence-electron chi connectivity index (χ1n) is 10.6. The molecule has 28 heavy (non-hydrogen) atoms. The molecule has 6 heteroatoms. The number of guanidine groups is 1. The first-order chi connectivity index (χ1) is 13.3. The quantitative estimate of drug-likeness (QED) is 0.356. The lowest BCUT2D eigenvalue weighted by Crippen LogP contribution is -2.41. The zero-order valence-corrected chi connectivity index (χ0v) is 19.8. The molecule has 0 radical (unpaired) electrons. The lowest BCUT2D eigenvalue weighted by Gasteiger charge is -2.29. The normalized spacial score (nSPS) is 23.7. The number of rotatable bonds is 6. The molecule has 1 heterocycles. The summed E-state index contributed by atoms with van der Waals surface area (Å²) < 4.78 is 5.47. The van der Waals surface area contributed by atoms with Gasteiger partial charge in [-0.2, -0.15) is 0 Å². The van der Waals surface area contributed by atoms with Crippen molar-refractivity contribution < 1.29 is 4.74 Å². The van der Waals surface area contributed by atoms with E-state index in [0.29, 0.717) is 0 Å².